The number of aliphatic hydroxyl groups excluding tert-OH is 1. The molecule has 0 saturated heterocycles. The van der Waals surface area contributed by atoms with Gasteiger partial charge in [0.25, 0.3) is 10.0 Å². The van der Waals surface area contributed by atoms with E-state index in [9.17, 15) is 17.9 Å². The third-order valence-electron chi connectivity index (χ3n) is 7.41. The molecule has 0 saturated carbocycles. The molecule has 2 aromatic heterocycles. The quantitative estimate of drug-likeness (QED) is 0.417. The lowest BCUT2D eigenvalue weighted by molar-refractivity contribution is 0.243. The third kappa shape index (κ3) is 4.29. The first-order chi connectivity index (χ1) is 18.4. The van der Waals surface area contributed by atoms with Gasteiger partial charge in [-0.3, -0.25) is 5.01 Å². The monoisotopic (exact) mass is 554 g/mol. The van der Waals surface area contributed by atoms with Crippen LogP contribution in [0.2, 0.25) is 0 Å². The van der Waals surface area contributed by atoms with E-state index in [0.29, 0.717) is 17.2 Å². The zero-order valence-corrected chi connectivity index (χ0v) is 22.3. The van der Waals surface area contributed by atoms with Crippen LogP contribution in [-0.2, 0) is 10.0 Å². The van der Waals surface area contributed by atoms with Gasteiger partial charge in [0.05, 0.1) is 29.1 Å². The van der Waals surface area contributed by atoms with Crippen LogP contribution in [0.4, 0.5) is 10.1 Å². The Morgan fingerprint density at radius 1 is 1.26 bits per heavy atom. The Bertz CT molecular complexity index is 1540. The van der Waals surface area contributed by atoms with Gasteiger partial charge in [-0.05, 0) is 66.8 Å². The van der Waals surface area contributed by atoms with Gasteiger partial charge in [-0.15, -0.1) is 11.3 Å². The van der Waals surface area contributed by atoms with E-state index in [0.717, 1.165) is 41.1 Å². The molecule has 0 unspecified atom stereocenters. The lowest BCUT2D eigenvalue weighted by atomic mass is 9.80. The number of fused-ring (bicyclic) bond motifs is 1. The van der Waals surface area contributed by atoms with E-state index < -0.39 is 10.0 Å². The minimum absolute atomic E-state index is 0.0229. The number of hydrazine groups is 1. The van der Waals surface area contributed by atoms with Crippen molar-refractivity contribution >= 4 is 27.0 Å². The molecule has 3 aromatic rings. The predicted molar refractivity (Wildman–Crippen MR) is 143 cm³/mol. The summed E-state index contributed by atoms with van der Waals surface area (Å²) < 4.78 is 47.7. The molecule has 38 heavy (non-hydrogen) atoms. The molecule has 2 aliphatic carbocycles. The molecule has 1 aliphatic heterocycles. The molecule has 2 N–H and O–H groups in total. The molecule has 0 amide bonds. The summed E-state index contributed by atoms with van der Waals surface area (Å²) in [6.07, 6.45) is 8.68. The lowest BCUT2D eigenvalue weighted by Gasteiger charge is -2.31. The van der Waals surface area contributed by atoms with Gasteiger partial charge < -0.3 is 14.9 Å². The number of nitrogens with one attached hydrogen (secondary N) is 1. The number of oxazole rings is 1. The highest BCUT2D eigenvalue weighted by molar-refractivity contribution is 7.91. The predicted octanol–water partition coefficient (Wildman–Crippen LogP) is 4.67. The third-order valence-corrected chi connectivity index (χ3v) is 10.8. The van der Waals surface area contributed by atoms with Crippen LogP contribution in [0, 0.1) is 17.7 Å². The Morgan fingerprint density at radius 3 is 2.82 bits per heavy atom. The van der Waals surface area contributed by atoms with Gasteiger partial charge in [0, 0.05) is 30.8 Å². The Labute approximate surface area is 224 Å². The average Bonchev–Trinajstić information content (AvgIpc) is 3.71. The normalized spacial score (nSPS) is 20.9. The first-order valence-electron chi connectivity index (χ1n) is 12.4. The number of anilines is 1. The minimum Gasteiger partial charge on any atom is -0.443 e. The number of rotatable bonds is 8. The van der Waals surface area contributed by atoms with Gasteiger partial charge in [-0.25, -0.2) is 17.8 Å². The topological polar surface area (TPSA) is 98.9 Å². The molecule has 0 spiro atoms. The highest BCUT2D eigenvalue weighted by Gasteiger charge is 2.40. The number of benzene rings is 1. The fourth-order valence-electron chi connectivity index (χ4n) is 5.63. The van der Waals surface area contributed by atoms with Crippen molar-refractivity contribution in [2.45, 2.75) is 24.0 Å². The Kier molecular flexibility index (Phi) is 6.47. The Balaban J connectivity index is 1.27. The Morgan fingerprint density at radius 2 is 2.08 bits per heavy atom. The number of hydrogen-bond donors (Lipinski definition) is 2. The molecule has 0 radical (unpaired) electrons. The van der Waals surface area contributed by atoms with E-state index in [1.807, 2.05) is 11.2 Å². The molecule has 2 atom stereocenters. The number of halogens is 1. The summed E-state index contributed by atoms with van der Waals surface area (Å²) in [5.41, 5.74) is 8.75. The number of aliphatic hydroxyl groups is 1. The highest BCUT2D eigenvalue weighted by atomic mass is 32.2. The summed E-state index contributed by atoms with van der Waals surface area (Å²) in [7, 11) is -3.82. The standard InChI is InChI=1S/C27H27FN4O4S2/c1-17-22-13-30-32(21-6-4-20(28)5-7-21)23(22)12-18-2-3-19(27(17)18)15-31(10-11-33)38(34,35)26-9-8-25(37-26)24-14-29-16-36-24/h4-9,12-14,16-17,19,30,33H,2-3,10-11,15H2,1H3/t17-,19+/m0/s1. The van der Waals surface area contributed by atoms with Crippen LogP contribution in [0.15, 0.2) is 92.3 Å². The SMILES string of the molecule is C[C@H]1C2=CNN(c3ccc(F)cc3)C2=CC2=C1[C@@H](CN(CCO)S(=O)(=O)c1ccc(-c3cnco3)s1)CC2. The van der Waals surface area contributed by atoms with Gasteiger partial charge in [-0.1, -0.05) is 12.5 Å². The van der Waals surface area contributed by atoms with Gasteiger partial charge in [0.2, 0.25) is 0 Å². The molecule has 1 aromatic carbocycles. The largest absolute Gasteiger partial charge is 0.443 e. The fourth-order valence-corrected chi connectivity index (χ4v) is 8.52. The van der Waals surface area contributed by atoms with E-state index >= 15 is 0 Å². The number of thiophene rings is 1. The second kappa shape index (κ2) is 9.81. The Hall–Kier alpha value is -3.25. The van der Waals surface area contributed by atoms with Crippen LogP contribution in [0.1, 0.15) is 19.8 Å². The average molecular weight is 555 g/mol. The molecule has 11 heteroatoms. The van der Waals surface area contributed by atoms with Crippen molar-refractivity contribution in [1.29, 1.82) is 0 Å². The number of hydrogen-bond acceptors (Lipinski definition) is 8. The van der Waals surface area contributed by atoms with Crippen molar-refractivity contribution in [3.63, 3.8) is 0 Å². The van der Waals surface area contributed by atoms with Crippen molar-refractivity contribution in [2.75, 3.05) is 24.7 Å². The molecule has 3 heterocycles. The molecular formula is C27H27FN4O4S2. The summed E-state index contributed by atoms with van der Waals surface area (Å²) in [4.78, 5) is 4.59. The zero-order valence-electron chi connectivity index (χ0n) is 20.7. The fraction of sp³-hybridized carbons (Fsp3) is 0.296. The molecule has 0 bridgehead atoms. The molecule has 6 rings (SSSR count). The number of sulfonamides is 1. The number of nitrogens with zero attached hydrogens (tertiary/aromatic N) is 3. The van der Waals surface area contributed by atoms with E-state index in [2.05, 4.69) is 23.4 Å². The summed E-state index contributed by atoms with van der Waals surface area (Å²) in [5, 5.41) is 11.7. The zero-order chi connectivity index (χ0) is 26.4. The van der Waals surface area contributed by atoms with E-state index in [-0.39, 0.29) is 35.0 Å². The first-order valence-corrected chi connectivity index (χ1v) is 14.7. The summed E-state index contributed by atoms with van der Waals surface area (Å²) in [6, 6.07) is 9.66. The van der Waals surface area contributed by atoms with Gasteiger partial charge >= 0.3 is 0 Å². The van der Waals surface area contributed by atoms with Gasteiger partial charge in [-0.2, -0.15) is 4.31 Å². The van der Waals surface area contributed by atoms with Crippen LogP contribution in [0.5, 0.6) is 0 Å². The lowest BCUT2D eigenvalue weighted by Crippen LogP contribution is -2.38. The second-order valence-electron chi connectivity index (χ2n) is 9.58. The maximum atomic E-state index is 13.6. The maximum Gasteiger partial charge on any atom is 0.252 e. The van der Waals surface area contributed by atoms with Crippen LogP contribution >= 0.6 is 11.3 Å². The van der Waals surface area contributed by atoms with E-state index in [1.165, 1.54) is 34.0 Å². The molecule has 8 nitrogen and oxygen atoms in total. The molecule has 3 aliphatic rings. The van der Waals surface area contributed by atoms with Crippen molar-refractivity contribution < 1.29 is 22.3 Å². The summed E-state index contributed by atoms with van der Waals surface area (Å²) in [5.74, 6) is 0.361. The van der Waals surface area contributed by atoms with Crippen molar-refractivity contribution in [2.24, 2.45) is 11.8 Å². The minimum atomic E-state index is -3.82. The van der Waals surface area contributed by atoms with Crippen LogP contribution in [0.25, 0.3) is 10.6 Å². The van der Waals surface area contributed by atoms with Crippen LogP contribution < -0.4 is 10.4 Å². The van der Waals surface area contributed by atoms with Gasteiger partial charge in [0.1, 0.15) is 10.0 Å². The second-order valence-corrected chi connectivity index (χ2v) is 12.8. The van der Waals surface area contributed by atoms with Crippen LogP contribution in [-0.4, -0.2) is 42.5 Å². The smallest absolute Gasteiger partial charge is 0.252 e. The molecule has 0 fully saturated rings. The number of allylic oxidation sites excluding steroid dienone is 3. The summed E-state index contributed by atoms with van der Waals surface area (Å²) >= 11 is 1.13. The number of aromatic nitrogens is 1. The van der Waals surface area contributed by atoms with Crippen LogP contribution in [0.3, 0.4) is 0 Å². The maximum absolute atomic E-state index is 13.6. The molecule has 198 valence electrons. The van der Waals surface area contributed by atoms with E-state index in [1.54, 1.807) is 30.5 Å². The highest BCUT2D eigenvalue weighted by Crippen LogP contribution is 2.48. The van der Waals surface area contributed by atoms with Crippen molar-refractivity contribution in [3.05, 3.63) is 89.5 Å². The van der Waals surface area contributed by atoms with E-state index in [4.69, 9.17) is 4.42 Å². The van der Waals surface area contributed by atoms with Crippen molar-refractivity contribution in [1.82, 2.24) is 14.7 Å². The van der Waals surface area contributed by atoms with Crippen molar-refractivity contribution in [3.8, 4) is 10.6 Å². The van der Waals surface area contributed by atoms with Gasteiger partial charge in [0.15, 0.2) is 12.2 Å². The molecular weight excluding hydrogens is 527 g/mol. The first kappa shape index (κ1) is 25.1. The summed E-state index contributed by atoms with van der Waals surface area (Å²) in [6.45, 7) is 2.21.